The third kappa shape index (κ3) is 44.9. The number of unbranched alkanes of at least 4 members (excludes halogenated alkanes) is 10. The molecule has 4 rings (SSSR count). The van der Waals surface area contributed by atoms with E-state index in [9.17, 15) is 99.0 Å². The van der Waals surface area contributed by atoms with Gasteiger partial charge in [0.15, 0.2) is 18.9 Å². The maximum atomic E-state index is 14.0. The number of hydrogen-bond donors (Lipinski definition) is 16. The molecule has 122 heavy (non-hydrogen) atoms. The van der Waals surface area contributed by atoms with Crippen molar-refractivity contribution in [3.8, 4) is 0 Å². The molecule has 20 atom stereocenters. The average molecular weight is 1760 g/mol. The lowest BCUT2D eigenvalue weighted by molar-refractivity contribution is -0.282. The lowest BCUT2D eigenvalue weighted by Gasteiger charge is -2.42. The maximum absolute atomic E-state index is 14.0. The first-order valence-electron chi connectivity index (χ1n) is 44.2. The van der Waals surface area contributed by atoms with E-state index < -0.39 is 153 Å². The molecule has 38 heteroatoms. The molecule has 0 aliphatic carbocycles. The summed E-state index contributed by atoms with van der Waals surface area (Å²) in [6.07, 6.45) is -5.03. The van der Waals surface area contributed by atoms with Gasteiger partial charge in [0.2, 0.25) is 35.4 Å². The Hall–Kier alpha value is -5.38. The number of carbonyl (C=O) groups is 10. The van der Waals surface area contributed by atoms with Crippen molar-refractivity contribution >= 4 is 58.6 Å². The highest BCUT2D eigenvalue weighted by Gasteiger charge is 2.48. The number of Topliss-reactive ketones (excluding diaryl/α,β-unsaturated/α-hetero) is 4. The molecule has 4 aliphatic rings. The summed E-state index contributed by atoms with van der Waals surface area (Å²) in [6.45, 7) is 9.31. The second-order valence-corrected chi connectivity index (χ2v) is 31.8. The molecule has 4 saturated heterocycles. The standard InChI is InChI=1S/C82H144N6O32.C2H6/c1-53-71(102)72(103)61(46-89)118-79(53)114-40-19-14-28-57(94)24-10-8-12-26-59(96)33-43-110-50-82(88-68(101)32-22-31-66(99)83-36-17-6-7-18-39-113-78-54(2)117-64(49-109-5)75(78)106,51-111-44-34-60(97)27-13-9-11-25-58(95)29-15-20-41-115-80-69(86-55(3)92)76(107)73(104)62(47-90)119-80)52-112-45-35-67(100)85-38-23-37-84-65(98)30-16-21-42-116-81-70(87-56(4)93)77(108)74(105)63(48-91)120-81;1-2/h53-54,61-64,69-81,89-91,102-108H,6-52H2,1-5H3,(H,83,99)(H,84,98)(H,85,100)(H,86,92)(H,87,93)(H,88,101);1-2H3/t53?,54-,61?,62?,63?,64+,69?,70?,71+,72-,73-,74-,75+,76+,77+,78-,79+,80+,81+,82?;/m0./s1. The van der Waals surface area contributed by atoms with Crippen molar-refractivity contribution in [3.63, 3.8) is 0 Å². The quantitative estimate of drug-likeness (QED) is 0.0367. The number of methoxy groups -OCH3 is 1. The topological polar surface area (TPSA) is 556 Å². The van der Waals surface area contributed by atoms with E-state index in [0.29, 0.717) is 122 Å². The highest BCUT2D eigenvalue weighted by molar-refractivity contribution is 5.81. The Bertz CT molecular complexity index is 2830. The molecule has 4 aliphatic heterocycles. The monoisotopic (exact) mass is 1760 g/mol. The zero-order chi connectivity index (χ0) is 90.2. The number of nitrogens with one attached hydrogen (secondary N) is 6. The van der Waals surface area contributed by atoms with Crippen LogP contribution in [0, 0.1) is 5.92 Å². The Balaban J connectivity index is 0.0000191. The van der Waals surface area contributed by atoms with Crippen LogP contribution in [0.25, 0.3) is 0 Å². The van der Waals surface area contributed by atoms with Crippen LogP contribution in [0.5, 0.6) is 0 Å². The van der Waals surface area contributed by atoms with Crippen molar-refractivity contribution in [2.24, 2.45) is 5.92 Å². The van der Waals surface area contributed by atoms with Crippen molar-refractivity contribution < 1.29 is 156 Å². The largest absolute Gasteiger partial charge is 0.394 e. The van der Waals surface area contributed by atoms with Gasteiger partial charge in [-0.3, -0.25) is 47.9 Å². The minimum Gasteiger partial charge on any atom is -0.394 e. The Labute approximate surface area is 718 Å². The Morgan fingerprint density at radius 3 is 1.13 bits per heavy atom. The molecule has 4 heterocycles. The van der Waals surface area contributed by atoms with Gasteiger partial charge in [-0.05, 0) is 96.8 Å². The molecule has 0 aromatic carbocycles. The molecule has 4 fully saturated rings. The van der Waals surface area contributed by atoms with Gasteiger partial charge in [0.1, 0.15) is 108 Å². The van der Waals surface area contributed by atoms with E-state index in [1.165, 1.54) is 13.8 Å². The number of carbonyl (C=O) groups excluding carboxylic acids is 10. The summed E-state index contributed by atoms with van der Waals surface area (Å²) < 4.78 is 69.3. The number of ether oxygens (including phenoxy) is 12. The molecule has 708 valence electrons. The number of amides is 6. The highest BCUT2D eigenvalue weighted by atomic mass is 16.7. The fraction of sp³-hybridized carbons (Fsp3) is 0.881. The fourth-order valence-electron chi connectivity index (χ4n) is 14.2. The summed E-state index contributed by atoms with van der Waals surface area (Å²) >= 11 is 0. The molecule has 38 nitrogen and oxygen atoms in total. The van der Waals surface area contributed by atoms with Crippen LogP contribution in [0.4, 0.5) is 0 Å². The van der Waals surface area contributed by atoms with Crippen molar-refractivity contribution in [1.82, 2.24) is 31.9 Å². The van der Waals surface area contributed by atoms with Crippen LogP contribution in [0.1, 0.15) is 234 Å². The molecule has 7 unspecified atom stereocenters. The molecular formula is C84H150N6O32. The van der Waals surface area contributed by atoms with E-state index in [1.807, 2.05) is 20.8 Å². The predicted octanol–water partition coefficient (Wildman–Crippen LogP) is 0.437. The van der Waals surface area contributed by atoms with Crippen LogP contribution in [0.2, 0.25) is 0 Å². The molecular weight excluding hydrogens is 1600 g/mol. The lowest BCUT2D eigenvalue weighted by Crippen LogP contribution is -2.64. The zero-order valence-corrected chi connectivity index (χ0v) is 73.2. The Morgan fingerprint density at radius 1 is 0.344 bits per heavy atom. The first-order valence-corrected chi connectivity index (χ1v) is 44.2. The summed E-state index contributed by atoms with van der Waals surface area (Å²) in [5.41, 5.74) is -1.45. The second kappa shape index (κ2) is 65.2. The number of hydrogen-bond acceptors (Lipinski definition) is 32. The van der Waals surface area contributed by atoms with Crippen molar-refractivity contribution in [1.29, 1.82) is 0 Å². The van der Waals surface area contributed by atoms with Gasteiger partial charge in [0, 0.05) is 150 Å². The molecule has 0 spiro atoms. The molecule has 0 aromatic heterocycles. The van der Waals surface area contributed by atoms with Crippen LogP contribution < -0.4 is 31.9 Å². The molecule has 6 amide bonds. The minimum atomic E-state index is -1.46. The van der Waals surface area contributed by atoms with E-state index in [1.54, 1.807) is 14.0 Å². The van der Waals surface area contributed by atoms with E-state index in [-0.39, 0.29) is 190 Å². The fourth-order valence-corrected chi connectivity index (χ4v) is 14.2. The maximum Gasteiger partial charge on any atom is 0.222 e. The lowest BCUT2D eigenvalue weighted by atomic mass is 9.92. The Kier molecular flexibility index (Phi) is 59.2. The smallest absolute Gasteiger partial charge is 0.222 e. The van der Waals surface area contributed by atoms with Crippen LogP contribution >= 0.6 is 0 Å². The van der Waals surface area contributed by atoms with Crippen LogP contribution in [0.15, 0.2) is 0 Å². The summed E-state index contributed by atoms with van der Waals surface area (Å²) in [6, 6.07) is -2.18. The van der Waals surface area contributed by atoms with E-state index in [0.717, 1.165) is 19.3 Å². The van der Waals surface area contributed by atoms with E-state index >= 15 is 0 Å². The number of aliphatic hydroxyl groups is 10. The van der Waals surface area contributed by atoms with Crippen molar-refractivity contribution in [2.45, 2.75) is 350 Å². The molecule has 0 saturated carbocycles. The van der Waals surface area contributed by atoms with Crippen molar-refractivity contribution in [3.05, 3.63) is 0 Å². The second-order valence-electron chi connectivity index (χ2n) is 31.8. The first-order chi connectivity index (χ1) is 58.6. The van der Waals surface area contributed by atoms with Gasteiger partial charge in [0.25, 0.3) is 0 Å². The zero-order valence-electron chi connectivity index (χ0n) is 73.2. The van der Waals surface area contributed by atoms with E-state index in [2.05, 4.69) is 31.9 Å². The highest BCUT2D eigenvalue weighted by Crippen LogP contribution is 2.29. The third-order valence-corrected chi connectivity index (χ3v) is 21.3. The average Bonchev–Trinajstić information content (AvgIpc) is 1.07. The SMILES string of the molecule is CC.COC[C@H]1O[C@@H](C)[C@H](OCCCCCCNC(=O)CCCC(=O)NC(COCCC(=O)CCCCCC(=O)CCCCO[C@@H]2OC(CO)[C@H](O)[C@H](O)C2C)(COCCC(=O)CCCCCC(=O)CCCCO[C@@H]2OC(CO)[C@H](O)[C@H](O)C2NC(C)=O)COCCC(=O)NCCCNC(=O)CCCCO[C@@H]2OC(CO)[C@H](O)[C@H](O)C2NC(C)=O)[C@@H]1O. The van der Waals surface area contributed by atoms with Crippen LogP contribution in [0.3, 0.4) is 0 Å². The van der Waals surface area contributed by atoms with Crippen LogP contribution in [-0.2, 0) is 105 Å². The third-order valence-electron chi connectivity index (χ3n) is 21.3. The number of rotatable bonds is 69. The summed E-state index contributed by atoms with van der Waals surface area (Å²) in [5, 5.41) is 118. The summed E-state index contributed by atoms with van der Waals surface area (Å²) in [5.74, 6) is -2.99. The Morgan fingerprint density at radius 2 is 0.689 bits per heavy atom. The van der Waals surface area contributed by atoms with Gasteiger partial charge in [-0.2, -0.15) is 0 Å². The van der Waals surface area contributed by atoms with E-state index in [4.69, 9.17) is 56.8 Å². The first kappa shape index (κ1) is 111. The van der Waals surface area contributed by atoms with Crippen LogP contribution in [-0.4, -0.2) is 345 Å². The molecule has 0 radical (unpaired) electrons. The molecule has 0 bridgehead atoms. The van der Waals surface area contributed by atoms with Gasteiger partial charge in [0.05, 0.1) is 78.3 Å². The number of aliphatic hydroxyl groups excluding tert-OH is 10. The van der Waals surface area contributed by atoms with Gasteiger partial charge in [-0.1, -0.05) is 46.5 Å². The molecule has 16 N–H and O–H groups in total. The predicted molar refractivity (Wildman–Crippen MR) is 440 cm³/mol. The normalized spacial score (nSPS) is 26.3. The molecule has 0 aromatic rings. The van der Waals surface area contributed by atoms with Gasteiger partial charge in [-0.15, -0.1) is 0 Å². The van der Waals surface area contributed by atoms with Gasteiger partial charge < -0.3 is 140 Å². The van der Waals surface area contributed by atoms with Gasteiger partial charge >= 0.3 is 0 Å². The summed E-state index contributed by atoms with van der Waals surface area (Å²) in [7, 11) is 1.54. The summed E-state index contributed by atoms with van der Waals surface area (Å²) in [4.78, 5) is 128. The number of ketones is 4. The van der Waals surface area contributed by atoms with Gasteiger partial charge in [-0.25, -0.2) is 0 Å². The minimum absolute atomic E-state index is 0.000156. The van der Waals surface area contributed by atoms with Crippen molar-refractivity contribution in [2.75, 3.05) is 119 Å².